The minimum atomic E-state index is 0.568. The second kappa shape index (κ2) is 4.99. The van der Waals surface area contributed by atoms with E-state index in [1.165, 1.54) is 0 Å². The zero-order valence-electron chi connectivity index (χ0n) is 10.3. The Hall–Kier alpha value is -1.91. The van der Waals surface area contributed by atoms with Gasteiger partial charge in [0.15, 0.2) is 5.65 Å². The third-order valence-electron chi connectivity index (χ3n) is 3.00. The highest BCUT2D eigenvalue weighted by Crippen LogP contribution is 2.26. The molecule has 0 fully saturated rings. The highest BCUT2D eigenvalue weighted by atomic mass is 35.5. The molecular formula is C14H13ClN4. The van der Waals surface area contributed by atoms with Crippen LogP contribution in [0.2, 0.25) is 5.02 Å². The lowest BCUT2D eigenvalue weighted by atomic mass is 10.1. The van der Waals surface area contributed by atoms with Crippen molar-refractivity contribution in [3.8, 4) is 11.3 Å². The third-order valence-corrected chi connectivity index (χ3v) is 3.25. The molecule has 0 saturated heterocycles. The van der Waals surface area contributed by atoms with E-state index in [1.807, 2.05) is 36.5 Å². The van der Waals surface area contributed by atoms with Gasteiger partial charge in [0.05, 0.1) is 5.69 Å². The molecule has 0 atom stereocenters. The summed E-state index contributed by atoms with van der Waals surface area (Å²) in [6, 6.07) is 9.51. The lowest BCUT2D eigenvalue weighted by molar-refractivity contribution is 0.941. The van der Waals surface area contributed by atoms with Gasteiger partial charge in [0, 0.05) is 28.5 Å². The Morgan fingerprint density at radius 1 is 1.21 bits per heavy atom. The van der Waals surface area contributed by atoms with Crippen molar-refractivity contribution in [2.45, 2.75) is 6.42 Å². The number of fused-ring (bicyclic) bond motifs is 1. The molecule has 96 valence electrons. The maximum absolute atomic E-state index is 5.92. The molecule has 2 aromatic heterocycles. The van der Waals surface area contributed by atoms with Gasteiger partial charge in [0.2, 0.25) is 0 Å². The lowest BCUT2D eigenvalue weighted by Crippen LogP contribution is -2.03. The van der Waals surface area contributed by atoms with E-state index in [0.717, 1.165) is 28.9 Å². The van der Waals surface area contributed by atoms with Crippen LogP contribution in [0, 0.1) is 0 Å². The molecule has 5 heteroatoms. The normalized spacial score (nSPS) is 11.1. The Morgan fingerprint density at radius 2 is 2.00 bits per heavy atom. The lowest BCUT2D eigenvalue weighted by Gasteiger charge is -2.01. The third kappa shape index (κ3) is 2.20. The van der Waals surface area contributed by atoms with Crippen molar-refractivity contribution in [2.75, 3.05) is 6.54 Å². The number of benzene rings is 1. The van der Waals surface area contributed by atoms with E-state index >= 15 is 0 Å². The number of hydrogen-bond acceptors (Lipinski definition) is 3. The molecule has 4 nitrogen and oxygen atoms in total. The average Bonchev–Trinajstić information content (AvgIpc) is 2.79. The Kier molecular flexibility index (Phi) is 3.19. The highest BCUT2D eigenvalue weighted by Gasteiger charge is 2.14. The van der Waals surface area contributed by atoms with Crippen molar-refractivity contribution in [3.63, 3.8) is 0 Å². The number of halogens is 1. The van der Waals surface area contributed by atoms with Crippen LogP contribution in [0.1, 0.15) is 5.56 Å². The first-order valence-corrected chi connectivity index (χ1v) is 6.45. The fraction of sp³-hybridized carbons (Fsp3) is 0.143. The minimum Gasteiger partial charge on any atom is -0.330 e. The summed E-state index contributed by atoms with van der Waals surface area (Å²) in [6.45, 7) is 0.568. The molecule has 0 radical (unpaired) electrons. The summed E-state index contributed by atoms with van der Waals surface area (Å²) in [5.74, 6) is 0. The van der Waals surface area contributed by atoms with Gasteiger partial charge in [-0.2, -0.15) is 5.10 Å². The molecule has 2 N–H and O–H groups in total. The second-order valence-corrected chi connectivity index (χ2v) is 4.70. The standard InChI is InChI=1S/C14H13ClN4/c15-11-4-2-10(3-5-11)13-12(6-7-16)14-17-8-1-9-19(14)18-13/h1-5,8-9H,6-7,16H2. The summed E-state index contributed by atoms with van der Waals surface area (Å²) in [7, 11) is 0. The molecule has 19 heavy (non-hydrogen) atoms. The number of aromatic nitrogens is 3. The van der Waals surface area contributed by atoms with Crippen LogP contribution in [-0.2, 0) is 6.42 Å². The van der Waals surface area contributed by atoms with Gasteiger partial charge in [-0.1, -0.05) is 23.7 Å². The first-order valence-electron chi connectivity index (χ1n) is 6.08. The SMILES string of the molecule is NCCc1c(-c2ccc(Cl)cc2)nn2cccnc12. The van der Waals surface area contributed by atoms with Crippen LogP contribution in [0.4, 0.5) is 0 Å². The zero-order valence-corrected chi connectivity index (χ0v) is 11.0. The minimum absolute atomic E-state index is 0.568. The van der Waals surface area contributed by atoms with Gasteiger partial charge >= 0.3 is 0 Å². The molecule has 1 aromatic carbocycles. The largest absolute Gasteiger partial charge is 0.330 e. The molecule has 2 heterocycles. The van der Waals surface area contributed by atoms with Gasteiger partial charge in [0.1, 0.15) is 0 Å². The first-order chi connectivity index (χ1) is 9.29. The van der Waals surface area contributed by atoms with Crippen LogP contribution < -0.4 is 5.73 Å². The number of nitrogens with zero attached hydrogens (tertiary/aromatic N) is 3. The monoisotopic (exact) mass is 272 g/mol. The number of hydrogen-bond donors (Lipinski definition) is 1. The van der Waals surface area contributed by atoms with E-state index in [0.29, 0.717) is 11.6 Å². The Labute approximate surface area is 115 Å². The molecule has 0 saturated carbocycles. The Balaban J connectivity index is 2.21. The van der Waals surface area contributed by atoms with E-state index in [2.05, 4.69) is 10.1 Å². The maximum atomic E-state index is 5.92. The molecule has 0 unspecified atom stereocenters. The van der Waals surface area contributed by atoms with E-state index in [4.69, 9.17) is 17.3 Å². The predicted molar refractivity (Wildman–Crippen MR) is 76.2 cm³/mol. The van der Waals surface area contributed by atoms with E-state index in [-0.39, 0.29) is 0 Å². The van der Waals surface area contributed by atoms with Crippen LogP contribution >= 0.6 is 11.6 Å². The quantitative estimate of drug-likeness (QED) is 0.797. The Morgan fingerprint density at radius 3 is 2.74 bits per heavy atom. The summed E-state index contributed by atoms with van der Waals surface area (Å²) in [6.07, 6.45) is 4.41. The molecule has 0 aliphatic rings. The molecule has 0 aliphatic heterocycles. The van der Waals surface area contributed by atoms with Gasteiger partial charge in [-0.25, -0.2) is 9.50 Å². The number of nitrogens with two attached hydrogens (primary N) is 1. The maximum Gasteiger partial charge on any atom is 0.158 e. The van der Waals surface area contributed by atoms with Crippen LogP contribution in [0.25, 0.3) is 16.9 Å². The first kappa shape index (κ1) is 12.1. The average molecular weight is 273 g/mol. The van der Waals surface area contributed by atoms with Crippen molar-refractivity contribution in [2.24, 2.45) is 5.73 Å². The molecule has 3 rings (SSSR count). The fourth-order valence-electron chi connectivity index (χ4n) is 2.15. The van der Waals surface area contributed by atoms with Crippen molar-refractivity contribution in [1.29, 1.82) is 0 Å². The predicted octanol–water partition coefficient (Wildman–Crippen LogP) is 2.55. The smallest absolute Gasteiger partial charge is 0.158 e. The second-order valence-electron chi connectivity index (χ2n) is 4.26. The van der Waals surface area contributed by atoms with Crippen molar-refractivity contribution >= 4 is 17.2 Å². The van der Waals surface area contributed by atoms with Crippen LogP contribution in [-0.4, -0.2) is 21.1 Å². The van der Waals surface area contributed by atoms with Crippen LogP contribution in [0.3, 0.4) is 0 Å². The van der Waals surface area contributed by atoms with Crippen LogP contribution in [0.15, 0.2) is 42.7 Å². The summed E-state index contributed by atoms with van der Waals surface area (Å²) in [5.41, 5.74) is 9.57. The summed E-state index contributed by atoms with van der Waals surface area (Å²) < 4.78 is 1.79. The van der Waals surface area contributed by atoms with Crippen molar-refractivity contribution < 1.29 is 0 Å². The van der Waals surface area contributed by atoms with Gasteiger partial charge in [-0.3, -0.25) is 0 Å². The van der Waals surface area contributed by atoms with E-state index in [1.54, 1.807) is 10.7 Å². The topological polar surface area (TPSA) is 56.2 Å². The Bertz CT molecular complexity index is 703. The summed E-state index contributed by atoms with van der Waals surface area (Å²) in [5, 5.41) is 5.30. The van der Waals surface area contributed by atoms with Crippen LogP contribution in [0.5, 0.6) is 0 Å². The van der Waals surface area contributed by atoms with Gasteiger partial charge < -0.3 is 5.73 Å². The summed E-state index contributed by atoms with van der Waals surface area (Å²) >= 11 is 5.92. The summed E-state index contributed by atoms with van der Waals surface area (Å²) in [4.78, 5) is 4.38. The number of rotatable bonds is 3. The van der Waals surface area contributed by atoms with Crippen molar-refractivity contribution in [3.05, 3.63) is 53.3 Å². The van der Waals surface area contributed by atoms with E-state index in [9.17, 15) is 0 Å². The van der Waals surface area contributed by atoms with Gasteiger partial charge in [-0.15, -0.1) is 0 Å². The molecule has 0 aliphatic carbocycles. The highest BCUT2D eigenvalue weighted by molar-refractivity contribution is 6.30. The zero-order chi connectivity index (χ0) is 13.2. The molecule has 3 aromatic rings. The molecule has 0 amide bonds. The molecule has 0 bridgehead atoms. The van der Waals surface area contributed by atoms with Crippen molar-refractivity contribution in [1.82, 2.24) is 14.6 Å². The fourth-order valence-corrected chi connectivity index (χ4v) is 2.27. The van der Waals surface area contributed by atoms with E-state index < -0.39 is 0 Å². The molecule has 0 spiro atoms. The van der Waals surface area contributed by atoms with Gasteiger partial charge in [-0.05, 0) is 31.2 Å². The van der Waals surface area contributed by atoms with Gasteiger partial charge in [0.25, 0.3) is 0 Å². The molecular weight excluding hydrogens is 260 g/mol.